The number of benzene rings is 2. The van der Waals surface area contributed by atoms with Crippen LogP contribution in [0.5, 0.6) is 5.75 Å². The average molecular weight is 462 g/mol. The van der Waals surface area contributed by atoms with Crippen molar-refractivity contribution in [3.8, 4) is 34.2 Å². The molecule has 2 aromatic heterocycles. The molecule has 0 saturated heterocycles. The van der Waals surface area contributed by atoms with Crippen LogP contribution in [0.2, 0.25) is 0 Å². The summed E-state index contributed by atoms with van der Waals surface area (Å²) in [5.41, 5.74) is 4.42. The van der Waals surface area contributed by atoms with Gasteiger partial charge in [-0.2, -0.15) is 24.2 Å². The maximum Gasteiger partial charge on any atom is 0.387 e. The van der Waals surface area contributed by atoms with Gasteiger partial charge in [0.1, 0.15) is 5.75 Å². The lowest BCUT2D eigenvalue weighted by molar-refractivity contribution is -0.0502. The van der Waals surface area contributed by atoms with Crippen LogP contribution >= 0.6 is 0 Å². The van der Waals surface area contributed by atoms with Crippen molar-refractivity contribution >= 4 is 16.8 Å². The molecule has 5 rings (SSSR count). The molecule has 10 heteroatoms. The largest absolute Gasteiger partial charge is 0.434 e. The summed E-state index contributed by atoms with van der Waals surface area (Å²) in [7, 11) is 3.53. The second kappa shape index (κ2) is 7.95. The van der Waals surface area contributed by atoms with Gasteiger partial charge in [-0.3, -0.25) is 14.2 Å². The zero-order valence-electron chi connectivity index (χ0n) is 18.6. The van der Waals surface area contributed by atoms with Gasteiger partial charge in [-0.05, 0) is 41.3 Å². The topological polar surface area (TPSA) is 97.8 Å². The van der Waals surface area contributed by atoms with Gasteiger partial charge in [0.2, 0.25) is 0 Å². The minimum Gasteiger partial charge on any atom is -0.434 e. The molecule has 8 nitrogen and oxygen atoms in total. The van der Waals surface area contributed by atoms with Crippen LogP contribution in [0, 0.1) is 11.3 Å². The van der Waals surface area contributed by atoms with Crippen molar-refractivity contribution in [3.05, 3.63) is 53.3 Å². The van der Waals surface area contributed by atoms with Gasteiger partial charge in [-0.15, -0.1) is 0 Å². The van der Waals surface area contributed by atoms with Crippen LogP contribution in [0.4, 0.5) is 8.78 Å². The summed E-state index contributed by atoms with van der Waals surface area (Å²) >= 11 is 0. The molecule has 1 aliphatic rings. The number of aromatic nitrogens is 4. The molecule has 0 spiro atoms. The highest BCUT2D eigenvalue weighted by Crippen LogP contribution is 2.40. The highest BCUT2D eigenvalue weighted by atomic mass is 19.3. The molecule has 0 saturated carbocycles. The van der Waals surface area contributed by atoms with Gasteiger partial charge in [-0.25, -0.2) is 0 Å². The molecular formula is C24H20F2N6O2. The molecule has 2 aromatic carbocycles. The zero-order valence-corrected chi connectivity index (χ0v) is 18.6. The summed E-state index contributed by atoms with van der Waals surface area (Å²) in [6.45, 7) is -0.812. The Balaban J connectivity index is 1.76. The smallest absolute Gasteiger partial charge is 0.387 e. The number of ether oxygens (including phenoxy) is 1. The van der Waals surface area contributed by atoms with Crippen LogP contribution < -0.4 is 10.1 Å². The lowest BCUT2D eigenvalue weighted by Crippen LogP contribution is -2.34. The minimum atomic E-state index is -3.09. The Hall–Kier alpha value is -4.26. The van der Waals surface area contributed by atoms with E-state index in [0.29, 0.717) is 39.8 Å². The fourth-order valence-corrected chi connectivity index (χ4v) is 4.52. The van der Waals surface area contributed by atoms with Crippen LogP contribution in [-0.2, 0) is 14.1 Å². The number of nitrogens with one attached hydrogen (secondary N) is 1. The van der Waals surface area contributed by atoms with Crippen LogP contribution in [0.25, 0.3) is 33.3 Å². The van der Waals surface area contributed by atoms with E-state index in [9.17, 15) is 18.8 Å². The third kappa shape index (κ3) is 3.46. The molecule has 1 amide bonds. The fourth-order valence-electron chi connectivity index (χ4n) is 4.52. The summed E-state index contributed by atoms with van der Waals surface area (Å²) in [5, 5.41) is 22.0. The zero-order chi connectivity index (χ0) is 24.1. The summed E-state index contributed by atoms with van der Waals surface area (Å²) in [6.07, 6.45) is 3.55. The second-order valence-corrected chi connectivity index (χ2v) is 8.33. The Morgan fingerprint density at radius 1 is 1.21 bits per heavy atom. The van der Waals surface area contributed by atoms with E-state index in [0.717, 1.165) is 11.1 Å². The van der Waals surface area contributed by atoms with E-state index in [1.165, 1.54) is 6.07 Å². The van der Waals surface area contributed by atoms with Crippen LogP contribution in [0.1, 0.15) is 34.3 Å². The number of nitrogens with zero attached hydrogens (tertiary/aromatic N) is 5. The number of carbonyl (C=O) groups is 1. The van der Waals surface area contributed by atoms with Crippen molar-refractivity contribution in [1.82, 2.24) is 24.9 Å². The predicted molar refractivity (Wildman–Crippen MR) is 120 cm³/mol. The predicted octanol–water partition coefficient (Wildman–Crippen LogP) is 3.96. The Labute approximate surface area is 193 Å². The van der Waals surface area contributed by atoms with Gasteiger partial charge in [0, 0.05) is 43.4 Å². The molecule has 1 aliphatic heterocycles. The number of halogens is 2. The molecule has 0 fully saturated rings. The Kier molecular flexibility index (Phi) is 5.05. The SMILES string of the molecule is C[C@H]1CNC(=O)c2c(OC(F)F)cc(-c3c4c(C#N)cc(-c5cnn(C)c5)cc4nn3C)cc21. The van der Waals surface area contributed by atoms with Crippen molar-refractivity contribution in [2.45, 2.75) is 19.5 Å². The maximum atomic E-state index is 13.2. The number of amides is 1. The fraction of sp³-hybridized carbons (Fsp3) is 0.250. The summed E-state index contributed by atoms with van der Waals surface area (Å²) < 4.78 is 34.5. The number of alkyl halides is 2. The molecule has 0 unspecified atom stereocenters. The molecule has 4 aromatic rings. The van der Waals surface area contributed by atoms with Crippen LogP contribution in [0.15, 0.2) is 36.7 Å². The molecule has 0 aliphatic carbocycles. The third-order valence-corrected chi connectivity index (χ3v) is 6.04. The quantitative estimate of drug-likeness (QED) is 0.495. The molecule has 172 valence electrons. The van der Waals surface area contributed by atoms with Crippen molar-refractivity contribution in [1.29, 1.82) is 5.26 Å². The molecule has 0 radical (unpaired) electrons. The van der Waals surface area contributed by atoms with Gasteiger partial charge in [-0.1, -0.05) is 6.92 Å². The second-order valence-electron chi connectivity index (χ2n) is 8.33. The monoisotopic (exact) mass is 462 g/mol. The van der Waals surface area contributed by atoms with Crippen molar-refractivity contribution in [2.75, 3.05) is 6.54 Å². The average Bonchev–Trinajstić information content (AvgIpc) is 3.37. The number of nitriles is 1. The van der Waals surface area contributed by atoms with Gasteiger partial charge >= 0.3 is 6.61 Å². The number of hydrogen-bond acceptors (Lipinski definition) is 5. The first-order chi connectivity index (χ1) is 16.3. The van der Waals surface area contributed by atoms with Crippen molar-refractivity contribution in [3.63, 3.8) is 0 Å². The van der Waals surface area contributed by atoms with Crippen molar-refractivity contribution in [2.24, 2.45) is 14.1 Å². The number of hydrogen-bond donors (Lipinski definition) is 1. The molecule has 0 bridgehead atoms. The first-order valence-electron chi connectivity index (χ1n) is 10.6. The van der Waals surface area contributed by atoms with Crippen molar-refractivity contribution < 1.29 is 18.3 Å². The van der Waals surface area contributed by atoms with E-state index in [4.69, 9.17) is 4.74 Å². The van der Waals surface area contributed by atoms with E-state index in [1.807, 2.05) is 26.2 Å². The van der Waals surface area contributed by atoms with E-state index in [2.05, 4.69) is 21.6 Å². The highest BCUT2D eigenvalue weighted by Gasteiger charge is 2.29. The normalized spacial score (nSPS) is 15.3. The summed E-state index contributed by atoms with van der Waals surface area (Å²) in [5.74, 6) is -0.768. The number of carbonyl (C=O) groups excluding carboxylic acids is 1. The standard InChI is InChI=1S/C24H20F2N6O2/c1-12-9-28-23(33)21-17(12)5-14(7-19(21)34-24(25)26)22-20-15(8-27)4-13(6-18(20)30-32(22)3)16-10-29-31(2)11-16/h4-7,10-12,24H,9H2,1-3H3,(H,28,33)/t12-/m0/s1. The van der Waals surface area contributed by atoms with Gasteiger partial charge in [0.05, 0.1) is 34.6 Å². The van der Waals surface area contributed by atoms with Gasteiger partial charge < -0.3 is 10.1 Å². The highest BCUT2D eigenvalue weighted by molar-refractivity contribution is 6.03. The van der Waals surface area contributed by atoms with E-state index >= 15 is 0 Å². The lowest BCUT2D eigenvalue weighted by Gasteiger charge is -2.25. The van der Waals surface area contributed by atoms with E-state index in [-0.39, 0.29) is 17.2 Å². The van der Waals surface area contributed by atoms with E-state index < -0.39 is 12.5 Å². The molecule has 34 heavy (non-hydrogen) atoms. The Bertz CT molecular complexity index is 1500. The number of fused-ring (bicyclic) bond motifs is 2. The summed E-state index contributed by atoms with van der Waals surface area (Å²) in [4.78, 5) is 12.5. The van der Waals surface area contributed by atoms with Crippen LogP contribution in [-0.4, -0.2) is 38.6 Å². The number of rotatable bonds is 4. The Morgan fingerprint density at radius 2 is 2.00 bits per heavy atom. The molecule has 1 N–H and O–H groups in total. The minimum absolute atomic E-state index is 0.105. The lowest BCUT2D eigenvalue weighted by atomic mass is 9.88. The first kappa shape index (κ1) is 21.6. The number of aryl methyl sites for hydroxylation is 2. The summed E-state index contributed by atoms with van der Waals surface area (Å²) in [6, 6.07) is 9.07. The maximum absolute atomic E-state index is 13.2. The molecule has 3 heterocycles. The molecule has 1 atom stereocenters. The Morgan fingerprint density at radius 3 is 2.68 bits per heavy atom. The van der Waals surface area contributed by atoms with E-state index in [1.54, 1.807) is 34.7 Å². The van der Waals surface area contributed by atoms with Crippen LogP contribution in [0.3, 0.4) is 0 Å². The van der Waals surface area contributed by atoms with Gasteiger partial charge in [0.25, 0.3) is 5.91 Å². The first-order valence-corrected chi connectivity index (χ1v) is 10.6. The van der Waals surface area contributed by atoms with Gasteiger partial charge in [0.15, 0.2) is 0 Å². The molecular weight excluding hydrogens is 442 g/mol. The third-order valence-electron chi connectivity index (χ3n) is 6.04.